The number of hydrogen-bond donors (Lipinski definition) is 1. The van der Waals surface area contributed by atoms with Crippen LogP contribution in [0.3, 0.4) is 0 Å². The molecule has 0 aliphatic rings. The molecule has 0 aliphatic carbocycles. The molecule has 0 saturated carbocycles. The van der Waals surface area contributed by atoms with Crippen LogP contribution in [0.25, 0.3) is 0 Å². The Morgan fingerprint density at radius 2 is 2.00 bits per heavy atom. The van der Waals surface area contributed by atoms with Crippen LogP contribution in [-0.4, -0.2) is 9.97 Å². The minimum absolute atomic E-state index is 0.792. The summed E-state index contributed by atoms with van der Waals surface area (Å²) in [5.41, 5.74) is 2.19. The maximum absolute atomic E-state index is 4.45. The molecule has 0 radical (unpaired) electrons. The van der Waals surface area contributed by atoms with Crippen molar-refractivity contribution in [3.05, 3.63) is 44.7 Å². The van der Waals surface area contributed by atoms with Crippen molar-refractivity contribution in [1.29, 1.82) is 0 Å². The van der Waals surface area contributed by atoms with Crippen LogP contribution in [-0.2, 0) is 6.42 Å². The SMILES string of the molecule is CCc1nc(Br)cc(Nc2cccc(C)c2Br)n1. The molecule has 2 rings (SSSR count). The maximum atomic E-state index is 4.45. The maximum Gasteiger partial charge on any atom is 0.135 e. The van der Waals surface area contributed by atoms with Crippen LogP contribution >= 0.6 is 31.9 Å². The number of anilines is 2. The van der Waals surface area contributed by atoms with E-state index in [4.69, 9.17) is 0 Å². The van der Waals surface area contributed by atoms with Gasteiger partial charge < -0.3 is 5.32 Å². The van der Waals surface area contributed by atoms with Crippen molar-refractivity contribution in [3.8, 4) is 0 Å². The molecule has 1 heterocycles. The van der Waals surface area contributed by atoms with Gasteiger partial charge in [-0.15, -0.1) is 0 Å². The number of aromatic nitrogens is 2. The largest absolute Gasteiger partial charge is 0.339 e. The predicted octanol–water partition coefficient (Wildman–Crippen LogP) is 4.62. The highest BCUT2D eigenvalue weighted by Crippen LogP contribution is 2.28. The molecule has 0 bridgehead atoms. The predicted molar refractivity (Wildman–Crippen MR) is 81.3 cm³/mol. The molecule has 1 N–H and O–H groups in total. The van der Waals surface area contributed by atoms with Gasteiger partial charge in [-0.3, -0.25) is 0 Å². The average molecular weight is 371 g/mol. The molecule has 1 aromatic heterocycles. The van der Waals surface area contributed by atoms with E-state index < -0.39 is 0 Å². The normalized spacial score (nSPS) is 10.4. The van der Waals surface area contributed by atoms with Crippen molar-refractivity contribution in [1.82, 2.24) is 9.97 Å². The number of nitrogens with one attached hydrogen (secondary N) is 1. The lowest BCUT2D eigenvalue weighted by atomic mass is 10.2. The highest BCUT2D eigenvalue weighted by atomic mass is 79.9. The minimum Gasteiger partial charge on any atom is -0.339 e. The summed E-state index contributed by atoms with van der Waals surface area (Å²) in [7, 11) is 0. The second-order valence-electron chi connectivity index (χ2n) is 3.91. The molecule has 0 atom stereocenters. The first-order valence-electron chi connectivity index (χ1n) is 5.65. The summed E-state index contributed by atoms with van der Waals surface area (Å²) < 4.78 is 1.85. The average Bonchev–Trinajstić information content (AvgIpc) is 2.34. The first-order chi connectivity index (χ1) is 8.60. The van der Waals surface area contributed by atoms with E-state index in [-0.39, 0.29) is 0 Å². The Labute approximate surface area is 123 Å². The zero-order chi connectivity index (χ0) is 13.1. The van der Waals surface area contributed by atoms with Crippen molar-refractivity contribution in [2.45, 2.75) is 20.3 Å². The van der Waals surface area contributed by atoms with Gasteiger partial charge in [0.25, 0.3) is 0 Å². The Hall–Kier alpha value is -0.940. The van der Waals surface area contributed by atoms with Crippen molar-refractivity contribution >= 4 is 43.4 Å². The fraction of sp³-hybridized carbons (Fsp3) is 0.231. The first kappa shape index (κ1) is 13.5. The number of nitrogens with zero attached hydrogens (tertiary/aromatic N) is 2. The van der Waals surface area contributed by atoms with Crippen LogP contribution in [0, 0.1) is 6.92 Å². The molecule has 1 aromatic carbocycles. The lowest BCUT2D eigenvalue weighted by Crippen LogP contribution is -2.00. The highest BCUT2D eigenvalue weighted by molar-refractivity contribution is 9.10. The first-order valence-corrected chi connectivity index (χ1v) is 7.24. The second-order valence-corrected chi connectivity index (χ2v) is 5.51. The van der Waals surface area contributed by atoms with E-state index in [1.165, 1.54) is 5.56 Å². The van der Waals surface area contributed by atoms with E-state index in [1.807, 2.05) is 25.1 Å². The summed E-state index contributed by atoms with van der Waals surface area (Å²) in [5, 5.41) is 3.30. The molecule has 3 nitrogen and oxygen atoms in total. The summed E-state index contributed by atoms with van der Waals surface area (Å²) in [4.78, 5) is 8.73. The van der Waals surface area contributed by atoms with Gasteiger partial charge in [-0.05, 0) is 50.4 Å². The summed E-state index contributed by atoms with van der Waals surface area (Å²) in [5.74, 6) is 1.61. The Kier molecular flexibility index (Phi) is 4.35. The topological polar surface area (TPSA) is 37.8 Å². The molecule has 0 saturated heterocycles. The van der Waals surface area contributed by atoms with Gasteiger partial charge >= 0.3 is 0 Å². The zero-order valence-corrected chi connectivity index (χ0v) is 13.3. The number of aryl methyl sites for hydroxylation is 2. The van der Waals surface area contributed by atoms with Crippen LogP contribution in [0.5, 0.6) is 0 Å². The molecule has 94 valence electrons. The Morgan fingerprint density at radius 1 is 1.22 bits per heavy atom. The fourth-order valence-electron chi connectivity index (χ4n) is 1.57. The van der Waals surface area contributed by atoms with E-state index in [0.29, 0.717) is 0 Å². The van der Waals surface area contributed by atoms with Crippen molar-refractivity contribution < 1.29 is 0 Å². The third kappa shape index (κ3) is 3.09. The van der Waals surface area contributed by atoms with E-state index in [1.54, 1.807) is 0 Å². The molecular formula is C13H13Br2N3. The van der Waals surface area contributed by atoms with Crippen LogP contribution in [0.4, 0.5) is 11.5 Å². The van der Waals surface area contributed by atoms with Crippen LogP contribution in [0.1, 0.15) is 18.3 Å². The van der Waals surface area contributed by atoms with Gasteiger partial charge in [0.15, 0.2) is 0 Å². The van der Waals surface area contributed by atoms with E-state index in [2.05, 4.69) is 60.1 Å². The number of rotatable bonds is 3. The molecule has 2 aromatic rings. The monoisotopic (exact) mass is 369 g/mol. The summed E-state index contributed by atoms with van der Waals surface area (Å²) in [6.45, 7) is 4.09. The molecule has 0 spiro atoms. The van der Waals surface area contributed by atoms with E-state index >= 15 is 0 Å². The third-order valence-electron chi connectivity index (χ3n) is 2.51. The molecule has 18 heavy (non-hydrogen) atoms. The Balaban J connectivity index is 2.34. The number of halogens is 2. The quantitative estimate of drug-likeness (QED) is 0.801. The van der Waals surface area contributed by atoms with Gasteiger partial charge in [-0.25, -0.2) is 9.97 Å². The van der Waals surface area contributed by atoms with Gasteiger partial charge in [-0.1, -0.05) is 19.1 Å². The van der Waals surface area contributed by atoms with Gasteiger partial charge in [0.2, 0.25) is 0 Å². The van der Waals surface area contributed by atoms with Crippen molar-refractivity contribution in [2.24, 2.45) is 0 Å². The fourth-order valence-corrected chi connectivity index (χ4v) is 2.35. The van der Waals surface area contributed by atoms with Crippen LogP contribution in [0.2, 0.25) is 0 Å². The summed E-state index contributed by atoms with van der Waals surface area (Å²) in [6, 6.07) is 7.95. The van der Waals surface area contributed by atoms with Crippen LogP contribution < -0.4 is 5.32 Å². The minimum atomic E-state index is 0.792. The van der Waals surface area contributed by atoms with Gasteiger partial charge in [0, 0.05) is 17.0 Å². The Bertz CT molecular complexity index is 570. The summed E-state index contributed by atoms with van der Waals surface area (Å²) >= 11 is 6.97. The van der Waals surface area contributed by atoms with Gasteiger partial charge in [0.05, 0.1) is 5.69 Å². The smallest absolute Gasteiger partial charge is 0.135 e. The molecule has 0 unspecified atom stereocenters. The molecule has 0 aliphatic heterocycles. The second kappa shape index (κ2) is 5.80. The van der Waals surface area contributed by atoms with E-state index in [0.717, 1.165) is 32.8 Å². The number of hydrogen-bond acceptors (Lipinski definition) is 3. The van der Waals surface area contributed by atoms with Gasteiger partial charge in [0.1, 0.15) is 16.2 Å². The molecule has 0 amide bonds. The third-order valence-corrected chi connectivity index (χ3v) is 3.97. The zero-order valence-electron chi connectivity index (χ0n) is 10.2. The van der Waals surface area contributed by atoms with Crippen molar-refractivity contribution in [2.75, 3.05) is 5.32 Å². The van der Waals surface area contributed by atoms with E-state index in [9.17, 15) is 0 Å². The highest BCUT2D eigenvalue weighted by Gasteiger charge is 2.05. The van der Waals surface area contributed by atoms with Gasteiger partial charge in [-0.2, -0.15) is 0 Å². The standard InChI is InChI=1S/C13H13Br2N3/c1-3-11-17-10(14)7-12(18-11)16-9-6-4-5-8(2)13(9)15/h4-7H,3H2,1-2H3,(H,16,17,18). The Morgan fingerprint density at radius 3 is 2.72 bits per heavy atom. The molecule has 5 heteroatoms. The molecule has 0 fully saturated rings. The van der Waals surface area contributed by atoms with Crippen molar-refractivity contribution in [3.63, 3.8) is 0 Å². The lowest BCUT2D eigenvalue weighted by Gasteiger charge is -2.10. The lowest BCUT2D eigenvalue weighted by molar-refractivity contribution is 0.931. The number of benzene rings is 1. The molecular weight excluding hydrogens is 358 g/mol. The van der Waals surface area contributed by atoms with Crippen LogP contribution in [0.15, 0.2) is 33.3 Å². The summed E-state index contributed by atoms with van der Waals surface area (Å²) in [6.07, 6.45) is 0.809.